The second-order valence-electron chi connectivity index (χ2n) is 8.79. The molecule has 10 nitrogen and oxygen atoms in total. The van der Waals surface area contributed by atoms with Gasteiger partial charge in [0.1, 0.15) is 35.9 Å². The van der Waals surface area contributed by atoms with Crippen LogP contribution in [0.25, 0.3) is 11.4 Å². The van der Waals surface area contributed by atoms with Crippen molar-refractivity contribution in [2.45, 2.75) is 39.2 Å². The van der Waals surface area contributed by atoms with Gasteiger partial charge in [-0.05, 0) is 31.9 Å². The third-order valence-corrected chi connectivity index (χ3v) is 5.77. The molecule has 0 amide bonds. The Morgan fingerprint density at radius 2 is 1.81 bits per heavy atom. The Kier molecular flexibility index (Phi) is 6.17. The average Bonchev–Trinajstić information content (AvgIpc) is 3.25. The Balaban J connectivity index is 1.34. The van der Waals surface area contributed by atoms with Gasteiger partial charge in [0.05, 0.1) is 18.4 Å². The van der Waals surface area contributed by atoms with Gasteiger partial charge in [0.2, 0.25) is 5.92 Å². The highest BCUT2D eigenvalue weighted by atomic mass is 19.3. The summed E-state index contributed by atoms with van der Waals surface area (Å²) in [7, 11) is 1.56. The summed E-state index contributed by atoms with van der Waals surface area (Å²) in [5.74, 6) is 0.712. The van der Waals surface area contributed by atoms with E-state index in [0.29, 0.717) is 52.6 Å². The second kappa shape index (κ2) is 9.44. The molecule has 1 fully saturated rings. The second-order valence-corrected chi connectivity index (χ2v) is 8.79. The van der Waals surface area contributed by atoms with Crippen molar-refractivity contribution in [3.8, 4) is 17.1 Å². The topological polar surface area (TPSA) is 116 Å². The number of anilines is 4. The predicted octanol–water partition coefficient (Wildman–Crippen LogP) is 4.68. The van der Waals surface area contributed by atoms with Gasteiger partial charge < -0.3 is 15.4 Å². The fraction of sp³-hybridized carbons (Fsp3) is 0.333. The highest BCUT2D eigenvalue weighted by molar-refractivity contribution is 5.77. The molecule has 186 valence electrons. The van der Waals surface area contributed by atoms with Crippen LogP contribution in [0.3, 0.4) is 0 Å². The first-order chi connectivity index (χ1) is 17.3. The molecule has 4 aromatic rings. The van der Waals surface area contributed by atoms with Crippen molar-refractivity contribution in [3.63, 3.8) is 0 Å². The third kappa shape index (κ3) is 5.21. The lowest BCUT2D eigenvalue weighted by molar-refractivity contribution is -0.114. The number of aryl methyl sites for hydroxylation is 2. The van der Waals surface area contributed by atoms with E-state index in [-0.39, 0.29) is 18.8 Å². The van der Waals surface area contributed by atoms with Crippen molar-refractivity contribution in [1.29, 1.82) is 0 Å². The van der Waals surface area contributed by atoms with Crippen LogP contribution in [0.15, 0.2) is 43.0 Å². The molecule has 0 spiro atoms. The summed E-state index contributed by atoms with van der Waals surface area (Å²) in [4.78, 5) is 21.6. The lowest BCUT2D eigenvalue weighted by Crippen LogP contribution is -2.37. The molecule has 1 aromatic carbocycles. The van der Waals surface area contributed by atoms with Gasteiger partial charge in [-0.1, -0.05) is 6.07 Å². The van der Waals surface area contributed by atoms with Gasteiger partial charge in [0.25, 0.3) is 0 Å². The number of ether oxygens (including phenoxy) is 1. The summed E-state index contributed by atoms with van der Waals surface area (Å²) in [6.07, 6.45) is 2.77. The van der Waals surface area contributed by atoms with Crippen LogP contribution in [0.2, 0.25) is 0 Å². The Labute approximate surface area is 206 Å². The van der Waals surface area contributed by atoms with E-state index in [1.807, 2.05) is 38.1 Å². The van der Waals surface area contributed by atoms with Gasteiger partial charge in [-0.3, -0.25) is 4.68 Å². The standard InChI is InChI=1S/C24H25F2N9O/c1-14-7-21(31-15(2)30-14)33-20-8-19(27-12-28-20)32-18-6-4-5-17(22(18)36-3)23-29-13-35(34-23)11-16-9-24(25,26)10-16/h4-8,12-13,16H,9-11H2,1-3H3,(H2,27,28,30,31,32,33). The average molecular weight is 494 g/mol. The molecule has 2 N–H and O–H groups in total. The molecule has 1 aliphatic rings. The highest BCUT2D eigenvalue weighted by Gasteiger charge is 2.45. The summed E-state index contributed by atoms with van der Waals surface area (Å²) in [6, 6.07) is 9.12. The van der Waals surface area contributed by atoms with E-state index in [0.717, 1.165) is 5.69 Å². The zero-order valence-electron chi connectivity index (χ0n) is 20.0. The van der Waals surface area contributed by atoms with Gasteiger partial charge in [0.15, 0.2) is 11.6 Å². The number of hydrogen-bond acceptors (Lipinski definition) is 9. The first-order valence-corrected chi connectivity index (χ1v) is 11.4. The van der Waals surface area contributed by atoms with Crippen molar-refractivity contribution in [2.24, 2.45) is 5.92 Å². The van der Waals surface area contributed by atoms with Gasteiger partial charge >= 0.3 is 0 Å². The largest absolute Gasteiger partial charge is 0.494 e. The van der Waals surface area contributed by atoms with Crippen LogP contribution in [-0.4, -0.2) is 47.7 Å². The van der Waals surface area contributed by atoms with E-state index in [1.54, 1.807) is 24.2 Å². The van der Waals surface area contributed by atoms with Crippen LogP contribution < -0.4 is 15.4 Å². The molecule has 3 aromatic heterocycles. The number of rotatable bonds is 8. The lowest BCUT2D eigenvalue weighted by Gasteiger charge is -2.34. The number of benzene rings is 1. The fourth-order valence-corrected chi connectivity index (χ4v) is 4.26. The Morgan fingerprint density at radius 3 is 2.53 bits per heavy atom. The zero-order valence-corrected chi connectivity index (χ0v) is 20.0. The van der Waals surface area contributed by atoms with E-state index >= 15 is 0 Å². The van der Waals surface area contributed by atoms with Crippen LogP contribution in [0.4, 0.5) is 31.9 Å². The van der Waals surface area contributed by atoms with Crippen molar-refractivity contribution >= 4 is 23.1 Å². The number of methoxy groups -OCH3 is 1. The minimum atomic E-state index is -2.56. The third-order valence-electron chi connectivity index (χ3n) is 5.77. The minimum absolute atomic E-state index is 0.0970. The van der Waals surface area contributed by atoms with Crippen molar-refractivity contribution in [1.82, 2.24) is 34.7 Å². The lowest BCUT2D eigenvalue weighted by atomic mass is 9.81. The Hall–Kier alpha value is -4.22. The Morgan fingerprint density at radius 1 is 1.03 bits per heavy atom. The van der Waals surface area contributed by atoms with Gasteiger partial charge in [-0.25, -0.2) is 33.7 Å². The molecule has 12 heteroatoms. The molecule has 0 unspecified atom stereocenters. The molecule has 5 rings (SSSR count). The van der Waals surface area contributed by atoms with Crippen LogP contribution in [0.1, 0.15) is 24.4 Å². The van der Waals surface area contributed by atoms with Crippen molar-refractivity contribution in [3.05, 3.63) is 54.5 Å². The number of hydrogen-bond donors (Lipinski definition) is 2. The number of alkyl halides is 2. The fourth-order valence-electron chi connectivity index (χ4n) is 4.26. The van der Waals surface area contributed by atoms with Gasteiger partial charge in [-0.2, -0.15) is 5.10 Å². The molecular formula is C24H25F2N9O. The smallest absolute Gasteiger partial charge is 0.248 e. The summed E-state index contributed by atoms with van der Waals surface area (Å²) < 4.78 is 33.6. The maximum Gasteiger partial charge on any atom is 0.248 e. The van der Waals surface area contributed by atoms with E-state index < -0.39 is 5.92 Å². The molecule has 0 saturated heterocycles. The molecule has 0 aliphatic heterocycles. The first kappa shape index (κ1) is 23.5. The number of nitrogens with one attached hydrogen (secondary N) is 2. The van der Waals surface area contributed by atoms with Crippen LogP contribution >= 0.6 is 0 Å². The van der Waals surface area contributed by atoms with Crippen LogP contribution in [-0.2, 0) is 6.54 Å². The molecule has 1 saturated carbocycles. The van der Waals surface area contributed by atoms with Gasteiger partial charge in [0, 0.05) is 37.2 Å². The minimum Gasteiger partial charge on any atom is -0.494 e. The van der Waals surface area contributed by atoms with E-state index in [2.05, 4.69) is 40.7 Å². The maximum absolute atomic E-state index is 13.2. The number of halogens is 2. The van der Waals surface area contributed by atoms with Crippen LogP contribution in [0.5, 0.6) is 5.75 Å². The Bertz CT molecular complexity index is 1360. The van der Waals surface area contributed by atoms with E-state index in [1.165, 1.54) is 6.33 Å². The molecule has 0 bridgehead atoms. The highest BCUT2D eigenvalue weighted by Crippen LogP contribution is 2.43. The van der Waals surface area contributed by atoms with Crippen LogP contribution in [0, 0.1) is 19.8 Å². The van der Waals surface area contributed by atoms with Gasteiger partial charge in [-0.15, -0.1) is 0 Å². The molecule has 0 atom stereocenters. The normalized spacial score (nSPS) is 14.8. The molecule has 36 heavy (non-hydrogen) atoms. The number of aromatic nitrogens is 7. The quantitative estimate of drug-likeness (QED) is 0.361. The summed E-state index contributed by atoms with van der Waals surface area (Å²) in [6.45, 7) is 4.13. The summed E-state index contributed by atoms with van der Waals surface area (Å²) in [5.41, 5.74) is 2.17. The SMILES string of the molecule is COc1c(Nc2cc(Nc3cc(C)nc(C)n3)ncn2)cccc1-c1ncn(CC2CC(F)(F)C2)n1. The molecule has 3 heterocycles. The monoisotopic (exact) mass is 493 g/mol. The number of para-hydroxylation sites is 1. The van der Waals surface area contributed by atoms with E-state index in [9.17, 15) is 8.78 Å². The predicted molar refractivity (Wildman–Crippen MR) is 130 cm³/mol. The van der Waals surface area contributed by atoms with Crippen molar-refractivity contribution in [2.75, 3.05) is 17.7 Å². The zero-order chi connectivity index (χ0) is 25.3. The van der Waals surface area contributed by atoms with E-state index in [4.69, 9.17) is 4.74 Å². The molecule has 1 aliphatic carbocycles. The number of nitrogens with zero attached hydrogens (tertiary/aromatic N) is 7. The molecular weight excluding hydrogens is 468 g/mol. The van der Waals surface area contributed by atoms with Crippen molar-refractivity contribution < 1.29 is 13.5 Å². The summed E-state index contributed by atoms with van der Waals surface area (Å²) >= 11 is 0. The maximum atomic E-state index is 13.2. The molecule has 0 radical (unpaired) electrons. The first-order valence-electron chi connectivity index (χ1n) is 11.4. The summed E-state index contributed by atoms with van der Waals surface area (Å²) in [5, 5.41) is 10.9.